The molecule has 9 nitrogen and oxygen atoms in total. The quantitative estimate of drug-likeness (QED) is 0.201. The molecule has 0 aliphatic carbocycles. The molecule has 0 aromatic heterocycles. The number of hydrogen-bond donors (Lipinski definition) is 3. The van der Waals surface area contributed by atoms with Crippen molar-refractivity contribution < 1.29 is 19.1 Å². The predicted octanol–water partition coefficient (Wildman–Crippen LogP) is 3.33. The maximum absolute atomic E-state index is 12.3. The molecule has 0 aromatic carbocycles. The van der Waals surface area contributed by atoms with Gasteiger partial charge < -0.3 is 30.3 Å². The van der Waals surface area contributed by atoms with Gasteiger partial charge in [0.05, 0.1) is 0 Å². The van der Waals surface area contributed by atoms with Crippen LogP contribution in [0.2, 0.25) is 0 Å². The maximum Gasteiger partial charge on any atom is 0.410 e. The van der Waals surface area contributed by atoms with Gasteiger partial charge >= 0.3 is 12.2 Å². The monoisotopic (exact) mass is 555 g/mol. The minimum Gasteiger partial charge on any atom is -0.444 e. The van der Waals surface area contributed by atoms with Gasteiger partial charge in [-0.15, -0.1) is 24.0 Å². The summed E-state index contributed by atoms with van der Waals surface area (Å²) in [6, 6.07) is 0. The molecular weight excluding hydrogens is 513 g/mol. The van der Waals surface area contributed by atoms with Gasteiger partial charge in [0.25, 0.3) is 0 Å². The molecule has 10 heteroatoms. The minimum absolute atomic E-state index is 0. The van der Waals surface area contributed by atoms with E-state index in [2.05, 4.69) is 20.9 Å². The molecule has 0 bridgehead atoms. The lowest BCUT2D eigenvalue weighted by molar-refractivity contribution is 0.0168. The highest BCUT2D eigenvalue weighted by atomic mass is 127. The Kier molecular flexibility index (Phi) is 13.2. The van der Waals surface area contributed by atoms with Crippen molar-refractivity contribution in [1.82, 2.24) is 20.9 Å². The summed E-state index contributed by atoms with van der Waals surface area (Å²) < 4.78 is 10.7. The Bertz CT molecular complexity index is 587. The van der Waals surface area contributed by atoms with Crippen LogP contribution < -0.4 is 16.0 Å². The maximum atomic E-state index is 12.3. The molecule has 0 saturated carbocycles. The van der Waals surface area contributed by atoms with E-state index in [0.717, 1.165) is 32.4 Å². The predicted molar refractivity (Wildman–Crippen MR) is 134 cm³/mol. The fraction of sp³-hybridized carbons (Fsp3) is 0.857. The number of aliphatic imine (C=N–C) groups is 1. The number of carbonyl (C=O) groups is 2. The van der Waals surface area contributed by atoms with Gasteiger partial charge in [-0.25, -0.2) is 9.59 Å². The first-order valence-corrected chi connectivity index (χ1v) is 10.8. The van der Waals surface area contributed by atoms with Crippen LogP contribution in [0.1, 0.15) is 60.8 Å². The summed E-state index contributed by atoms with van der Waals surface area (Å²) in [5.41, 5.74) is -0.973. The Labute approximate surface area is 204 Å². The van der Waals surface area contributed by atoms with Crippen molar-refractivity contribution in [1.29, 1.82) is 0 Å². The third-order valence-electron chi connectivity index (χ3n) is 4.27. The van der Waals surface area contributed by atoms with Gasteiger partial charge in [-0.1, -0.05) is 0 Å². The van der Waals surface area contributed by atoms with Crippen molar-refractivity contribution in [2.24, 2.45) is 10.9 Å². The van der Waals surface area contributed by atoms with Crippen LogP contribution in [0.4, 0.5) is 9.59 Å². The molecule has 1 unspecified atom stereocenters. The van der Waals surface area contributed by atoms with Crippen molar-refractivity contribution in [2.75, 3.05) is 39.8 Å². The number of piperidine rings is 1. The topological polar surface area (TPSA) is 104 Å². The number of likely N-dealkylation sites (tertiary alicyclic amines) is 1. The Balaban J connectivity index is 0.00000900. The third-order valence-corrected chi connectivity index (χ3v) is 4.27. The zero-order chi connectivity index (χ0) is 22.8. The molecule has 1 heterocycles. The van der Waals surface area contributed by atoms with E-state index in [1.807, 2.05) is 41.5 Å². The largest absolute Gasteiger partial charge is 0.444 e. The van der Waals surface area contributed by atoms with E-state index in [1.165, 1.54) is 0 Å². The Hall–Kier alpha value is -1.46. The third kappa shape index (κ3) is 14.3. The van der Waals surface area contributed by atoms with E-state index in [4.69, 9.17) is 9.47 Å². The summed E-state index contributed by atoms with van der Waals surface area (Å²) in [6.07, 6.45) is 2.12. The number of hydrogen-bond acceptors (Lipinski definition) is 5. The second-order valence-electron chi connectivity index (χ2n) is 9.60. The molecule has 31 heavy (non-hydrogen) atoms. The fourth-order valence-electron chi connectivity index (χ4n) is 2.99. The lowest BCUT2D eigenvalue weighted by Crippen LogP contribution is -2.47. The van der Waals surface area contributed by atoms with E-state index in [0.29, 0.717) is 31.5 Å². The normalized spacial score (nSPS) is 17.3. The van der Waals surface area contributed by atoms with E-state index in [-0.39, 0.29) is 30.1 Å². The van der Waals surface area contributed by atoms with E-state index >= 15 is 0 Å². The molecule has 0 aromatic rings. The average Bonchev–Trinajstić information content (AvgIpc) is 2.61. The number of guanidine groups is 1. The number of nitrogens with one attached hydrogen (secondary N) is 3. The number of carbonyl (C=O) groups excluding carboxylic acids is 2. The van der Waals surface area contributed by atoms with Crippen LogP contribution in [-0.2, 0) is 9.47 Å². The second kappa shape index (κ2) is 13.8. The minimum atomic E-state index is -0.494. The van der Waals surface area contributed by atoms with Gasteiger partial charge in [0.15, 0.2) is 5.96 Å². The van der Waals surface area contributed by atoms with E-state index < -0.39 is 17.3 Å². The Morgan fingerprint density at radius 3 is 2.19 bits per heavy atom. The van der Waals surface area contributed by atoms with Crippen LogP contribution in [-0.4, -0.2) is 74.0 Å². The van der Waals surface area contributed by atoms with Crippen LogP contribution in [0.15, 0.2) is 4.99 Å². The molecule has 3 N–H and O–H groups in total. The highest BCUT2D eigenvalue weighted by molar-refractivity contribution is 14.0. The van der Waals surface area contributed by atoms with Gasteiger partial charge in [0.2, 0.25) is 0 Å². The highest BCUT2D eigenvalue weighted by Crippen LogP contribution is 2.18. The van der Waals surface area contributed by atoms with Crippen LogP contribution in [0.3, 0.4) is 0 Å². The number of amides is 2. The van der Waals surface area contributed by atoms with E-state index in [9.17, 15) is 9.59 Å². The first-order chi connectivity index (χ1) is 13.9. The molecule has 1 rings (SSSR count). The van der Waals surface area contributed by atoms with Crippen LogP contribution >= 0.6 is 24.0 Å². The summed E-state index contributed by atoms with van der Waals surface area (Å²) in [5, 5.41) is 9.30. The second-order valence-corrected chi connectivity index (χ2v) is 9.60. The molecule has 182 valence electrons. The zero-order valence-corrected chi connectivity index (χ0v) is 22.5. The van der Waals surface area contributed by atoms with Crippen molar-refractivity contribution >= 4 is 42.1 Å². The number of alkyl carbamates (subject to hydrolysis) is 1. The first kappa shape index (κ1) is 29.5. The molecule has 1 atom stereocenters. The molecule has 1 aliphatic heterocycles. The Morgan fingerprint density at radius 2 is 1.61 bits per heavy atom. The van der Waals surface area contributed by atoms with Crippen LogP contribution in [0.5, 0.6) is 0 Å². The van der Waals surface area contributed by atoms with Gasteiger partial charge in [0.1, 0.15) is 11.2 Å². The number of rotatable bonds is 6. The Morgan fingerprint density at radius 1 is 1.00 bits per heavy atom. The van der Waals surface area contributed by atoms with Crippen molar-refractivity contribution in [3.8, 4) is 0 Å². The summed E-state index contributed by atoms with van der Waals surface area (Å²) in [7, 11) is 1.72. The summed E-state index contributed by atoms with van der Waals surface area (Å²) in [6.45, 7) is 14.5. The highest BCUT2D eigenvalue weighted by Gasteiger charge is 2.27. The molecule has 1 fully saturated rings. The molecule has 2 amide bonds. The van der Waals surface area contributed by atoms with Gasteiger partial charge in [0, 0.05) is 39.8 Å². The molecule has 0 spiro atoms. The summed E-state index contributed by atoms with van der Waals surface area (Å²) >= 11 is 0. The lowest BCUT2D eigenvalue weighted by atomic mass is 9.98. The van der Waals surface area contributed by atoms with Crippen molar-refractivity contribution in [2.45, 2.75) is 72.0 Å². The smallest absolute Gasteiger partial charge is 0.410 e. The van der Waals surface area contributed by atoms with Gasteiger partial charge in [-0.3, -0.25) is 4.99 Å². The standard InChI is InChI=1S/C21H41N5O4.HI/c1-20(2,3)29-18(27)24-12-9-11-23-17(22-7)25-14-16-10-8-13-26(15-16)19(28)30-21(4,5)6;/h16H,8-15H2,1-7H3,(H,24,27)(H2,22,23,25);1H. The first-order valence-electron chi connectivity index (χ1n) is 10.8. The molecule has 1 saturated heterocycles. The number of ether oxygens (including phenoxy) is 2. The van der Waals surface area contributed by atoms with Crippen molar-refractivity contribution in [3.05, 3.63) is 0 Å². The lowest BCUT2D eigenvalue weighted by Gasteiger charge is -2.34. The van der Waals surface area contributed by atoms with Crippen molar-refractivity contribution in [3.63, 3.8) is 0 Å². The molecule has 0 radical (unpaired) electrons. The SMILES string of the molecule is CN=C(NCCCNC(=O)OC(C)(C)C)NCC1CCCN(C(=O)OC(C)(C)C)C1.I. The average molecular weight is 556 g/mol. The van der Waals surface area contributed by atoms with Gasteiger partial charge in [-0.05, 0) is 66.7 Å². The zero-order valence-electron chi connectivity index (χ0n) is 20.2. The van der Waals surface area contributed by atoms with E-state index in [1.54, 1.807) is 11.9 Å². The summed E-state index contributed by atoms with van der Waals surface area (Å²) in [4.78, 5) is 29.9. The molecule has 1 aliphatic rings. The fourth-order valence-corrected chi connectivity index (χ4v) is 2.99. The summed E-state index contributed by atoms with van der Waals surface area (Å²) in [5.74, 6) is 1.06. The molecular formula is C21H42IN5O4. The number of halogens is 1. The van der Waals surface area contributed by atoms with Crippen LogP contribution in [0.25, 0.3) is 0 Å². The van der Waals surface area contributed by atoms with Gasteiger partial charge in [-0.2, -0.15) is 0 Å². The number of nitrogens with zero attached hydrogens (tertiary/aromatic N) is 2. The van der Waals surface area contributed by atoms with Crippen LogP contribution in [0, 0.1) is 5.92 Å².